The van der Waals surface area contributed by atoms with Crippen LogP contribution in [0, 0.1) is 17.6 Å². The van der Waals surface area contributed by atoms with Gasteiger partial charge in [0.25, 0.3) is 0 Å². The van der Waals surface area contributed by atoms with Crippen LogP contribution in [0.15, 0.2) is 18.2 Å². The Bertz CT molecular complexity index is 411. The monoisotopic (exact) mass is 281 g/mol. The van der Waals surface area contributed by atoms with Gasteiger partial charge in [0, 0.05) is 11.6 Å². The highest BCUT2D eigenvalue weighted by Gasteiger charge is 2.26. The highest BCUT2D eigenvalue weighted by molar-refractivity contribution is 5.23. The Morgan fingerprint density at radius 3 is 2.50 bits per heavy atom. The maximum atomic E-state index is 14.1. The van der Waals surface area contributed by atoms with Crippen LogP contribution in [0.4, 0.5) is 8.78 Å². The Hall–Kier alpha value is -0.960. The Labute approximate surface area is 120 Å². The van der Waals surface area contributed by atoms with Crippen molar-refractivity contribution in [3.05, 3.63) is 35.4 Å². The SMILES string of the molecule is CCCNC(c1cc(F)ccc1F)C1CCCCCC1. The number of hydrogen-bond donors (Lipinski definition) is 1. The molecule has 1 unspecified atom stereocenters. The van der Waals surface area contributed by atoms with Crippen molar-refractivity contribution in [3.63, 3.8) is 0 Å². The zero-order valence-corrected chi connectivity index (χ0v) is 12.3. The van der Waals surface area contributed by atoms with E-state index in [4.69, 9.17) is 0 Å². The van der Waals surface area contributed by atoms with Crippen molar-refractivity contribution in [2.45, 2.75) is 57.9 Å². The van der Waals surface area contributed by atoms with Crippen LogP contribution in [-0.2, 0) is 0 Å². The molecule has 1 fully saturated rings. The first-order chi connectivity index (χ1) is 9.72. The molecule has 1 nitrogen and oxygen atoms in total. The van der Waals surface area contributed by atoms with E-state index in [1.807, 2.05) is 0 Å². The van der Waals surface area contributed by atoms with Crippen molar-refractivity contribution in [1.29, 1.82) is 0 Å². The summed E-state index contributed by atoms with van der Waals surface area (Å²) < 4.78 is 27.6. The second-order valence-corrected chi connectivity index (χ2v) is 5.85. The van der Waals surface area contributed by atoms with Crippen molar-refractivity contribution in [2.24, 2.45) is 5.92 Å². The van der Waals surface area contributed by atoms with Crippen LogP contribution < -0.4 is 5.32 Å². The summed E-state index contributed by atoms with van der Waals surface area (Å²) in [4.78, 5) is 0. The fourth-order valence-corrected chi connectivity index (χ4v) is 3.23. The van der Waals surface area contributed by atoms with Gasteiger partial charge in [-0.05, 0) is 49.9 Å². The molecule has 0 heterocycles. The minimum atomic E-state index is -0.349. The smallest absolute Gasteiger partial charge is 0.128 e. The summed E-state index contributed by atoms with van der Waals surface area (Å²) in [6, 6.07) is 3.77. The molecular formula is C17H25F2N. The Balaban J connectivity index is 2.22. The van der Waals surface area contributed by atoms with E-state index in [1.165, 1.54) is 43.9 Å². The molecule has 0 aromatic heterocycles. The van der Waals surface area contributed by atoms with Gasteiger partial charge >= 0.3 is 0 Å². The Morgan fingerprint density at radius 2 is 1.85 bits per heavy atom. The van der Waals surface area contributed by atoms with Crippen molar-refractivity contribution in [2.75, 3.05) is 6.54 Å². The van der Waals surface area contributed by atoms with Crippen LogP contribution in [0.2, 0.25) is 0 Å². The Kier molecular flexibility index (Phi) is 5.96. The van der Waals surface area contributed by atoms with E-state index in [1.54, 1.807) is 0 Å². The summed E-state index contributed by atoms with van der Waals surface area (Å²) in [6.07, 6.45) is 8.15. The lowest BCUT2D eigenvalue weighted by atomic mass is 9.86. The fourth-order valence-electron chi connectivity index (χ4n) is 3.23. The molecule has 0 saturated heterocycles. The molecule has 0 radical (unpaired) electrons. The van der Waals surface area contributed by atoms with Crippen LogP contribution in [-0.4, -0.2) is 6.54 Å². The number of halogens is 2. The number of benzene rings is 1. The third-order valence-corrected chi connectivity index (χ3v) is 4.28. The van der Waals surface area contributed by atoms with E-state index in [9.17, 15) is 8.78 Å². The van der Waals surface area contributed by atoms with E-state index in [-0.39, 0.29) is 17.7 Å². The van der Waals surface area contributed by atoms with E-state index < -0.39 is 0 Å². The van der Waals surface area contributed by atoms with Crippen molar-refractivity contribution >= 4 is 0 Å². The molecule has 1 aromatic rings. The first-order valence-electron chi connectivity index (χ1n) is 7.90. The lowest BCUT2D eigenvalue weighted by Crippen LogP contribution is -2.30. The summed E-state index contributed by atoms with van der Waals surface area (Å²) in [6.45, 7) is 2.94. The average Bonchev–Trinajstić information content (AvgIpc) is 2.72. The summed E-state index contributed by atoms with van der Waals surface area (Å²) >= 11 is 0. The van der Waals surface area contributed by atoms with Gasteiger partial charge in [0.15, 0.2) is 0 Å². The molecule has 1 saturated carbocycles. The highest BCUT2D eigenvalue weighted by atomic mass is 19.1. The van der Waals surface area contributed by atoms with Crippen molar-refractivity contribution < 1.29 is 8.78 Å². The minimum absolute atomic E-state index is 0.0521. The van der Waals surface area contributed by atoms with Crippen LogP contribution in [0.25, 0.3) is 0 Å². The summed E-state index contributed by atoms with van der Waals surface area (Å²) in [7, 11) is 0. The van der Waals surface area contributed by atoms with Gasteiger partial charge in [0.05, 0.1) is 0 Å². The molecule has 1 N–H and O–H groups in total. The van der Waals surface area contributed by atoms with Crippen molar-refractivity contribution in [1.82, 2.24) is 5.32 Å². The second kappa shape index (κ2) is 7.72. The Morgan fingerprint density at radius 1 is 1.15 bits per heavy atom. The number of rotatable bonds is 5. The van der Waals surface area contributed by atoms with Gasteiger partial charge in [-0.15, -0.1) is 0 Å². The molecule has 1 aliphatic rings. The molecule has 0 aliphatic heterocycles. The van der Waals surface area contributed by atoms with Gasteiger partial charge < -0.3 is 5.32 Å². The molecule has 1 aromatic carbocycles. The van der Waals surface area contributed by atoms with E-state index >= 15 is 0 Å². The predicted octanol–water partition coefficient (Wildman–Crippen LogP) is 4.98. The standard InChI is InChI=1S/C17H25F2N/c1-2-11-20-17(13-7-5-3-4-6-8-13)15-12-14(18)9-10-16(15)19/h9-10,12-13,17,20H,2-8,11H2,1H3. The quantitative estimate of drug-likeness (QED) is 0.751. The van der Waals surface area contributed by atoms with Gasteiger partial charge in [0.1, 0.15) is 11.6 Å². The third kappa shape index (κ3) is 4.02. The molecule has 0 amide bonds. The number of hydrogen-bond acceptors (Lipinski definition) is 1. The van der Waals surface area contributed by atoms with Crippen LogP contribution >= 0.6 is 0 Å². The molecule has 1 atom stereocenters. The molecule has 1 aliphatic carbocycles. The summed E-state index contributed by atoms with van der Waals surface area (Å²) in [5, 5.41) is 3.44. The van der Waals surface area contributed by atoms with Gasteiger partial charge in [-0.3, -0.25) is 0 Å². The maximum absolute atomic E-state index is 14.1. The molecule has 20 heavy (non-hydrogen) atoms. The molecule has 0 spiro atoms. The topological polar surface area (TPSA) is 12.0 Å². The zero-order valence-electron chi connectivity index (χ0n) is 12.3. The lowest BCUT2D eigenvalue weighted by molar-refractivity contribution is 0.317. The van der Waals surface area contributed by atoms with Crippen molar-refractivity contribution in [3.8, 4) is 0 Å². The molecule has 3 heteroatoms. The zero-order chi connectivity index (χ0) is 14.4. The number of nitrogens with one attached hydrogen (secondary N) is 1. The first kappa shape index (κ1) is 15.4. The van der Waals surface area contributed by atoms with Crippen LogP contribution in [0.1, 0.15) is 63.5 Å². The van der Waals surface area contributed by atoms with Gasteiger partial charge in [-0.2, -0.15) is 0 Å². The predicted molar refractivity (Wildman–Crippen MR) is 78.6 cm³/mol. The first-order valence-corrected chi connectivity index (χ1v) is 7.90. The van der Waals surface area contributed by atoms with Crippen LogP contribution in [0.3, 0.4) is 0 Å². The summed E-state index contributed by atoms with van der Waals surface area (Å²) in [5.74, 6) is -0.220. The highest BCUT2D eigenvalue weighted by Crippen LogP contribution is 2.34. The largest absolute Gasteiger partial charge is 0.310 e. The van der Waals surface area contributed by atoms with E-state index in [0.717, 1.165) is 25.8 Å². The van der Waals surface area contributed by atoms with Gasteiger partial charge in [0.2, 0.25) is 0 Å². The van der Waals surface area contributed by atoms with E-state index in [2.05, 4.69) is 12.2 Å². The molecule has 0 bridgehead atoms. The molecule has 2 rings (SSSR count). The van der Waals surface area contributed by atoms with Gasteiger partial charge in [-0.25, -0.2) is 8.78 Å². The normalized spacial score (nSPS) is 18.8. The van der Waals surface area contributed by atoms with E-state index in [0.29, 0.717) is 11.5 Å². The maximum Gasteiger partial charge on any atom is 0.128 e. The fraction of sp³-hybridized carbons (Fsp3) is 0.647. The molecule has 112 valence electrons. The lowest BCUT2D eigenvalue weighted by Gasteiger charge is -2.28. The second-order valence-electron chi connectivity index (χ2n) is 5.85. The van der Waals surface area contributed by atoms with Gasteiger partial charge in [-0.1, -0.05) is 32.6 Å². The third-order valence-electron chi connectivity index (χ3n) is 4.28. The molecular weight excluding hydrogens is 256 g/mol. The summed E-state index contributed by atoms with van der Waals surface area (Å²) in [5.41, 5.74) is 0.505. The van der Waals surface area contributed by atoms with Crippen LogP contribution in [0.5, 0.6) is 0 Å². The average molecular weight is 281 g/mol. The minimum Gasteiger partial charge on any atom is -0.310 e.